The van der Waals surface area contributed by atoms with Crippen molar-refractivity contribution >= 4 is 46.8 Å². The van der Waals surface area contributed by atoms with E-state index < -0.39 is 12.0 Å². The summed E-state index contributed by atoms with van der Waals surface area (Å²) in [6.45, 7) is 0.718. The number of nitrogens with one attached hydrogen (secondary N) is 1. The Balaban J connectivity index is 1.93. The third kappa shape index (κ3) is 4.51. The number of thioether (sulfide) groups is 1. The predicted molar refractivity (Wildman–Crippen MR) is 83.2 cm³/mol. The van der Waals surface area contributed by atoms with Crippen LogP contribution < -0.4 is 5.32 Å². The monoisotopic (exact) mass is 348 g/mol. The highest BCUT2D eigenvalue weighted by atomic mass is 35.5. The van der Waals surface area contributed by atoms with Crippen LogP contribution in [0.3, 0.4) is 0 Å². The molecule has 1 aliphatic rings. The zero-order chi connectivity index (χ0) is 15.4. The van der Waals surface area contributed by atoms with Crippen molar-refractivity contribution in [2.75, 3.05) is 25.4 Å². The molecule has 21 heavy (non-hydrogen) atoms. The fourth-order valence-corrected chi connectivity index (χ4v) is 3.51. The van der Waals surface area contributed by atoms with Gasteiger partial charge in [-0.15, -0.1) is 11.8 Å². The lowest BCUT2D eigenvalue weighted by molar-refractivity contribution is -0.145. The van der Waals surface area contributed by atoms with Gasteiger partial charge in [-0.2, -0.15) is 0 Å². The van der Waals surface area contributed by atoms with E-state index >= 15 is 0 Å². The number of benzene rings is 1. The Morgan fingerprint density at radius 3 is 2.95 bits per heavy atom. The largest absolute Gasteiger partial charge is 0.480 e. The molecule has 1 aromatic rings. The van der Waals surface area contributed by atoms with E-state index in [0.717, 1.165) is 4.90 Å². The predicted octanol–water partition coefficient (Wildman–Crippen LogP) is 1.97. The molecule has 0 saturated carbocycles. The minimum Gasteiger partial charge on any atom is -0.480 e. The van der Waals surface area contributed by atoms with Crippen molar-refractivity contribution in [1.29, 1.82) is 0 Å². The maximum Gasteiger partial charge on any atom is 0.322 e. The molecule has 1 saturated heterocycles. The van der Waals surface area contributed by atoms with Gasteiger partial charge in [0.05, 0.1) is 11.6 Å². The summed E-state index contributed by atoms with van der Waals surface area (Å²) in [5.74, 6) is -0.462. The molecule has 1 fully saturated rings. The molecule has 1 unspecified atom stereocenters. The fourth-order valence-electron chi connectivity index (χ4n) is 2.03. The highest BCUT2D eigenvalue weighted by molar-refractivity contribution is 7.99. The number of hydrogen-bond acceptors (Lipinski definition) is 4. The average molecular weight is 349 g/mol. The maximum atomic E-state index is 11.4. The number of amides is 1. The van der Waals surface area contributed by atoms with Crippen LogP contribution in [0.25, 0.3) is 0 Å². The summed E-state index contributed by atoms with van der Waals surface area (Å²) in [6, 6.07) is 4.52. The van der Waals surface area contributed by atoms with Crippen LogP contribution >= 0.6 is 35.0 Å². The fraction of sp³-hybridized carbons (Fsp3) is 0.385. The van der Waals surface area contributed by atoms with Gasteiger partial charge in [-0.1, -0.05) is 23.2 Å². The van der Waals surface area contributed by atoms with E-state index in [1.54, 1.807) is 23.1 Å². The maximum absolute atomic E-state index is 11.4. The SMILES string of the molecule is O=C1CN(CCSc2cc(Cl)ccc2Cl)C(C(=O)O)CN1. The minimum atomic E-state index is -0.930. The Morgan fingerprint density at radius 1 is 1.48 bits per heavy atom. The lowest BCUT2D eigenvalue weighted by atomic mass is 10.2. The summed E-state index contributed by atoms with van der Waals surface area (Å²) < 4.78 is 0. The van der Waals surface area contributed by atoms with Gasteiger partial charge in [-0.05, 0) is 18.2 Å². The first kappa shape index (κ1) is 16.4. The zero-order valence-corrected chi connectivity index (χ0v) is 13.3. The topological polar surface area (TPSA) is 69.6 Å². The molecule has 2 rings (SSSR count). The van der Waals surface area contributed by atoms with Gasteiger partial charge in [0.15, 0.2) is 0 Å². The summed E-state index contributed by atoms with van der Waals surface area (Å²) >= 11 is 13.5. The van der Waals surface area contributed by atoms with Crippen molar-refractivity contribution in [2.45, 2.75) is 10.9 Å². The van der Waals surface area contributed by atoms with Crippen LogP contribution in [0, 0.1) is 0 Å². The van der Waals surface area contributed by atoms with Crippen molar-refractivity contribution in [3.63, 3.8) is 0 Å². The molecule has 0 aromatic heterocycles. The molecule has 1 aliphatic heterocycles. The summed E-state index contributed by atoms with van der Waals surface area (Å²) in [7, 11) is 0. The molecule has 0 aliphatic carbocycles. The Labute approximate surface area is 136 Å². The molecule has 1 aromatic carbocycles. The van der Waals surface area contributed by atoms with Crippen LogP contribution in [-0.2, 0) is 9.59 Å². The van der Waals surface area contributed by atoms with Crippen molar-refractivity contribution in [3.05, 3.63) is 28.2 Å². The molecule has 0 spiro atoms. The van der Waals surface area contributed by atoms with Gasteiger partial charge in [0.2, 0.25) is 5.91 Å². The van der Waals surface area contributed by atoms with Gasteiger partial charge in [0.1, 0.15) is 6.04 Å². The molecule has 114 valence electrons. The van der Waals surface area contributed by atoms with Crippen LogP contribution in [0.1, 0.15) is 0 Å². The first-order valence-corrected chi connectivity index (χ1v) is 8.03. The van der Waals surface area contributed by atoms with Gasteiger partial charge in [0, 0.05) is 28.8 Å². The van der Waals surface area contributed by atoms with Gasteiger partial charge in [-0.25, -0.2) is 0 Å². The van der Waals surface area contributed by atoms with Crippen molar-refractivity contribution in [3.8, 4) is 0 Å². The van der Waals surface area contributed by atoms with Crippen LogP contribution in [-0.4, -0.2) is 53.3 Å². The number of hydrogen-bond donors (Lipinski definition) is 2. The standard InChI is InChI=1S/C13H14Cl2N2O3S/c14-8-1-2-9(15)11(5-8)21-4-3-17-7-12(18)16-6-10(17)13(19)20/h1-2,5,10H,3-4,6-7H2,(H,16,18)(H,19,20). The third-order valence-electron chi connectivity index (χ3n) is 3.09. The summed E-state index contributed by atoms with van der Waals surface area (Å²) in [5, 5.41) is 12.9. The third-order valence-corrected chi connectivity index (χ3v) is 4.81. The Kier molecular flexibility index (Phi) is 5.75. The van der Waals surface area contributed by atoms with E-state index in [4.69, 9.17) is 28.3 Å². The first-order valence-electron chi connectivity index (χ1n) is 6.29. The molecule has 5 nitrogen and oxygen atoms in total. The molecule has 1 heterocycles. The normalized spacial score (nSPS) is 19.3. The molecule has 0 radical (unpaired) electrons. The van der Waals surface area contributed by atoms with Crippen molar-refractivity contribution in [2.24, 2.45) is 0 Å². The van der Waals surface area contributed by atoms with Gasteiger partial charge in [0.25, 0.3) is 0 Å². The number of rotatable bonds is 5. The molecular weight excluding hydrogens is 335 g/mol. The highest BCUT2D eigenvalue weighted by Crippen LogP contribution is 2.29. The highest BCUT2D eigenvalue weighted by Gasteiger charge is 2.31. The first-order chi connectivity index (χ1) is 9.97. The Hall–Kier alpha value is -0.950. The van der Waals surface area contributed by atoms with Crippen LogP contribution in [0.2, 0.25) is 10.0 Å². The van der Waals surface area contributed by atoms with E-state index in [1.165, 1.54) is 11.8 Å². The van der Waals surface area contributed by atoms with Crippen LogP contribution in [0.5, 0.6) is 0 Å². The number of carboxylic acids is 1. The number of halogens is 2. The summed E-state index contributed by atoms with van der Waals surface area (Å²) in [5.41, 5.74) is 0. The zero-order valence-electron chi connectivity index (χ0n) is 11.0. The van der Waals surface area contributed by atoms with Crippen LogP contribution in [0.4, 0.5) is 0 Å². The summed E-state index contributed by atoms with van der Waals surface area (Å²) in [4.78, 5) is 25.1. The molecule has 2 N–H and O–H groups in total. The number of aliphatic carboxylic acids is 1. The second kappa shape index (κ2) is 7.35. The Bertz CT molecular complexity index is 556. The average Bonchev–Trinajstić information content (AvgIpc) is 2.42. The minimum absolute atomic E-state index is 0.0980. The summed E-state index contributed by atoms with van der Waals surface area (Å²) in [6.07, 6.45) is 0. The molecule has 8 heteroatoms. The molecule has 1 atom stereocenters. The van der Waals surface area contributed by atoms with Crippen LogP contribution in [0.15, 0.2) is 23.1 Å². The van der Waals surface area contributed by atoms with E-state index in [-0.39, 0.29) is 19.0 Å². The van der Waals surface area contributed by atoms with Crippen molar-refractivity contribution in [1.82, 2.24) is 10.2 Å². The van der Waals surface area contributed by atoms with Gasteiger partial charge < -0.3 is 10.4 Å². The van der Waals surface area contributed by atoms with E-state index in [0.29, 0.717) is 22.3 Å². The lowest BCUT2D eigenvalue weighted by Crippen LogP contribution is -2.57. The Morgan fingerprint density at radius 2 is 2.24 bits per heavy atom. The van der Waals surface area contributed by atoms with E-state index in [2.05, 4.69) is 5.32 Å². The van der Waals surface area contributed by atoms with Crippen molar-refractivity contribution < 1.29 is 14.7 Å². The van der Waals surface area contributed by atoms with E-state index in [1.807, 2.05) is 0 Å². The molecule has 0 bridgehead atoms. The number of piperazine rings is 1. The number of nitrogens with zero attached hydrogens (tertiary/aromatic N) is 1. The lowest BCUT2D eigenvalue weighted by Gasteiger charge is -2.32. The molecule has 1 amide bonds. The second-order valence-corrected chi connectivity index (χ2v) is 6.53. The van der Waals surface area contributed by atoms with E-state index in [9.17, 15) is 9.59 Å². The number of carbonyl (C=O) groups excluding carboxylic acids is 1. The quantitative estimate of drug-likeness (QED) is 0.796. The number of carbonyl (C=O) groups is 2. The second-order valence-electron chi connectivity index (χ2n) is 4.55. The molecular formula is C13H14Cl2N2O3S. The van der Waals surface area contributed by atoms with Gasteiger partial charge >= 0.3 is 5.97 Å². The smallest absolute Gasteiger partial charge is 0.322 e. The number of carboxylic acid groups (broad SMARTS) is 1. The van der Waals surface area contributed by atoms with Gasteiger partial charge in [-0.3, -0.25) is 14.5 Å².